The summed E-state index contributed by atoms with van der Waals surface area (Å²) in [5, 5.41) is 0.623. The molecule has 3 rings (SSSR count). The van der Waals surface area contributed by atoms with E-state index in [1.807, 2.05) is 0 Å². The Morgan fingerprint density at radius 3 is 2.52 bits per heavy atom. The lowest BCUT2D eigenvalue weighted by molar-refractivity contribution is 0.462. The molecule has 1 heterocycles. The molecular weight excluding hydrogens is 342 g/mol. The highest BCUT2D eigenvalue weighted by Gasteiger charge is 2.21. The van der Waals surface area contributed by atoms with Crippen LogP contribution >= 0.6 is 15.9 Å². The Morgan fingerprint density at radius 1 is 1.10 bits per heavy atom. The van der Waals surface area contributed by atoms with Crippen molar-refractivity contribution in [2.45, 2.75) is 6.04 Å². The molecule has 6 heteroatoms. The second kappa shape index (κ2) is 5.55. The summed E-state index contributed by atoms with van der Waals surface area (Å²) >= 11 is 3.19. The molecule has 0 aliphatic rings. The van der Waals surface area contributed by atoms with Gasteiger partial charge in [-0.1, -0.05) is 24.3 Å². The van der Waals surface area contributed by atoms with E-state index < -0.39 is 17.7 Å². The minimum absolute atomic E-state index is 0.153. The summed E-state index contributed by atoms with van der Waals surface area (Å²) < 4.78 is 33.2. The van der Waals surface area contributed by atoms with Gasteiger partial charge in [-0.2, -0.15) is 0 Å². The lowest BCUT2D eigenvalue weighted by Gasteiger charge is -2.15. The molecule has 1 unspecified atom stereocenters. The number of hydrazine groups is 1. The lowest BCUT2D eigenvalue weighted by Crippen LogP contribution is -2.28. The van der Waals surface area contributed by atoms with Crippen molar-refractivity contribution in [2.24, 2.45) is 5.84 Å². The number of hydrogen-bond donors (Lipinski definition) is 2. The Labute approximate surface area is 127 Å². The first kappa shape index (κ1) is 14.2. The average molecular weight is 353 g/mol. The molecule has 0 saturated heterocycles. The van der Waals surface area contributed by atoms with Crippen LogP contribution in [0.5, 0.6) is 0 Å². The van der Waals surface area contributed by atoms with Crippen LogP contribution in [0.3, 0.4) is 0 Å². The van der Waals surface area contributed by atoms with Gasteiger partial charge in [0.25, 0.3) is 0 Å². The van der Waals surface area contributed by atoms with E-state index in [1.54, 1.807) is 30.3 Å². The molecule has 1 aromatic heterocycles. The highest BCUT2D eigenvalue weighted by molar-refractivity contribution is 9.10. The number of para-hydroxylation sites is 1. The minimum Gasteiger partial charge on any atom is -0.456 e. The molecule has 0 aliphatic heterocycles. The van der Waals surface area contributed by atoms with Gasteiger partial charge in [0.1, 0.15) is 17.6 Å². The molecule has 21 heavy (non-hydrogen) atoms. The van der Waals surface area contributed by atoms with Crippen LogP contribution < -0.4 is 11.3 Å². The lowest BCUT2D eigenvalue weighted by atomic mass is 10.0. The molecule has 0 bridgehead atoms. The summed E-state index contributed by atoms with van der Waals surface area (Å²) in [5.74, 6) is 5.12. The largest absolute Gasteiger partial charge is 0.456 e. The molecule has 2 aromatic carbocycles. The van der Waals surface area contributed by atoms with Crippen LogP contribution in [-0.4, -0.2) is 0 Å². The molecule has 0 aliphatic carbocycles. The summed E-state index contributed by atoms with van der Waals surface area (Å²) in [5.41, 5.74) is 3.29. The van der Waals surface area contributed by atoms with Gasteiger partial charge < -0.3 is 4.42 Å². The third-order valence-corrected chi connectivity index (χ3v) is 4.10. The van der Waals surface area contributed by atoms with Crippen molar-refractivity contribution in [1.82, 2.24) is 5.43 Å². The van der Waals surface area contributed by atoms with Gasteiger partial charge in [-0.05, 0) is 39.7 Å². The third kappa shape index (κ3) is 2.46. The van der Waals surface area contributed by atoms with E-state index in [0.29, 0.717) is 16.7 Å². The van der Waals surface area contributed by atoms with E-state index in [9.17, 15) is 8.78 Å². The summed E-state index contributed by atoms with van der Waals surface area (Å²) in [6.07, 6.45) is 0. The Hall–Kier alpha value is -1.76. The normalized spacial score (nSPS) is 12.8. The molecule has 0 amide bonds. The first-order chi connectivity index (χ1) is 10.1. The standard InChI is InChI=1S/C15H11BrF2N2O/c16-13-9(4-2-5-10(13)17)14(20-19)12-7-8-3-1-6-11(18)15(8)21-12/h1-7,14,20H,19H2. The number of rotatable bonds is 3. The monoisotopic (exact) mass is 352 g/mol. The molecule has 0 radical (unpaired) electrons. The number of fused-ring (bicyclic) bond motifs is 1. The van der Waals surface area contributed by atoms with Crippen molar-refractivity contribution < 1.29 is 13.2 Å². The topological polar surface area (TPSA) is 51.2 Å². The molecule has 0 fully saturated rings. The predicted octanol–water partition coefficient (Wildman–Crippen LogP) is 4.03. The van der Waals surface area contributed by atoms with Gasteiger partial charge in [-0.3, -0.25) is 5.84 Å². The van der Waals surface area contributed by atoms with Crippen LogP contribution in [0, 0.1) is 11.6 Å². The van der Waals surface area contributed by atoms with Gasteiger partial charge in [-0.15, -0.1) is 0 Å². The van der Waals surface area contributed by atoms with E-state index >= 15 is 0 Å². The van der Waals surface area contributed by atoms with Crippen LogP contribution in [-0.2, 0) is 0 Å². The number of halogens is 3. The Kier molecular flexibility index (Phi) is 3.75. The molecule has 108 valence electrons. The van der Waals surface area contributed by atoms with E-state index in [0.717, 1.165) is 0 Å². The molecular formula is C15H11BrF2N2O. The van der Waals surface area contributed by atoms with Crippen molar-refractivity contribution in [3.63, 3.8) is 0 Å². The summed E-state index contributed by atoms with van der Waals surface area (Å²) in [7, 11) is 0. The highest BCUT2D eigenvalue weighted by atomic mass is 79.9. The minimum atomic E-state index is -0.595. The Morgan fingerprint density at radius 2 is 1.81 bits per heavy atom. The summed E-state index contributed by atoms with van der Waals surface area (Å²) in [4.78, 5) is 0. The van der Waals surface area contributed by atoms with Crippen LogP contribution in [0.4, 0.5) is 8.78 Å². The van der Waals surface area contributed by atoms with Crippen LogP contribution in [0.1, 0.15) is 17.4 Å². The average Bonchev–Trinajstić information content (AvgIpc) is 2.89. The number of nitrogens with two attached hydrogens (primary N) is 1. The molecule has 3 N–H and O–H groups in total. The zero-order valence-electron chi connectivity index (χ0n) is 10.7. The zero-order valence-corrected chi connectivity index (χ0v) is 12.3. The van der Waals surface area contributed by atoms with Crippen molar-refractivity contribution in [3.8, 4) is 0 Å². The maximum Gasteiger partial charge on any atom is 0.169 e. The van der Waals surface area contributed by atoms with Crippen LogP contribution in [0.15, 0.2) is 51.4 Å². The smallest absolute Gasteiger partial charge is 0.169 e. The zero-order chi connectivity index (χ0) is 15.0. The van der Waals surface area contributed by atoms with Gasteiger partial charge in [0.15, 0.2) is 11.4 Å². The maximum atomic E-state index is 13.7. The number of hydrogen-bond acceptors (Lipinski definition) is 3. The molecule has 0 saturated carbocycles. The second-order valence-electron chi connectivity index (χ2n) is 4.55. The molecule has 0 spiro atoms. The van der Waals surface area contributed by atoms with E-state index in [4.69, 9.17) is 10.3 Å². The molecule has 1 atom stereocenters. The summed E-state index contributed by atoms with van der Waals surface area (Å²) in [6, 6.07) is 10.4. The Balaban J connectivity index is 2.14. The van der Waals surface area contributed by atoms with E-state index in [-0.39, 0.29) is 10.1 Å². The van der Waals surface area contributed by atoms with Gasteiger partial charge in [0, 0.05) is 5.39 Å². The van der Waals surface area contributed by atoms with Gasteiger partial charge in [0.05, 0.1) is 4.47 Å². The first-order valence-electron chi connectivity index (χ1n) is 6.20. The Bertz CT molecular complexity index is 803. The SMILES string of the molecule is NNC(c1cc2cccc(F)c2o1)c1cccc(F)c1Br. The fourth-order valence-corrected chi connectivity index (χ4v) is 2.75. The predicted molar refractivity (Wildman–Crippen MR) is 79.4 cm³/mol. The second-order valence-corrected chi connectivity index (χ2v) is 5.34. The number of nitrogens with one attached hydrogen (secondary N) is 1. The van der Waals surface area contributed by atoms with E-state index in [2.05, 4.69) is 21.4 Å². The molecule has 3 nitrogen and oxygen atoms in total. The van der Waals surface area contributed by atoms with E-state index in [1.165, 1.54) is 12.1 Å². The van der Waals surface area contributed by atoms with Crippen molar-refractivity contribution in [1.29, 1.82) is 0 Å². The van der Waals surface area contributed by atoms with Crippen LogP contribution in [0.2, 0.25) is 0 Å². The number of benzene rings is 2. The van der Waals surface area contributed by atoms with Crippen molar-refractivity contribution in [3.05, 3.63) is 69.9 Å². The number of furan rings is 1. The molecule has 3 aromatic rings. The van der Waals surface area contributed by atoms with Gasteiger partial charge in [0.2, 0.25) is 0 Å². The quantitative estimate of drug-likeness (QED) is 0.552. The fourth-order valence-electron chi connectivity index (χ4n) is 2.26. The van der Waals surface area contributed by atoms with Crippen molar-refractivity contribution >= 4 is 26.9 Å². The van der Waals surface area contributed by atoms with Gasteiger partial charge >= 0.3 is 0 Å². The summed E-state index contributed by atoms with van der Waals surface area (Å²) in [6.45, 7) is 0. The fraction of sp³-hybridized carbons (Fsp3) is 0.0667. The van der Waals surface area contributed by atoms with Gasteiger partial charge in [-0.25, -0.2) is 14.2 Å². The van der Waals surface area contributed by atoms with Crippen LogP contribution in [0.25, 0.3) is 11.0 Å². The van der Waals surface area contributed by atoms with Crippen molar-refractivity contribution in [2.75, 3.05) is 0 Å². The first-order valence-corrected chi connectivity index (χ1v) is 6.99. The maximum absolute atomic E-state index is 13.7. The third-order valence-electron chi connectivity index (χ3n) is 3.26. The highest BCUT2D eigenvalue weighted by Crippen LogP contribution is 2.33.